The van der Waals surface area contributed by atoms with Gasteiger partial charge in [-0.3, -0.25) is 0 Å². The van der Waals surface area contributed by atoms with Crippen molar-refractivity contribution in [2.45, 2.75) is 11.8 Å². The number of hydrogen-bond acceptors (Lipinski definition) is 2. The van der Waals surface area contributed by atoms with E-state index < -0.39 is 11.8 Å². The smallest absolute Gasteiger partial charge is 0.223 e. The van der Waals surface area contributed by atoms with Gasteiger partial charge in [-0.05, 0) is 6.07 Å². The molecule has 2 rings (SSSR count). The van der Waals surface area contributed by atoms with E-state index in [1.807, 2.05) is 0 Å². The monoisotopic (exact) mass is 266 g/mol. The Morgan fingerprint density at radius 1 is 1.14 bits per heavy atom. The van der Waals surface area contributed by atoms with Crippen LogP contribution in [-0.2, 0) is 5.66 Å². The van der Waals surface area contributed by atoms with E-state index in [0.717, 1.165) is 0 Å². The largest absolute Gasteiger partial charge is 0.426 e. The molecule has 0 atom stereocenters. The summed E-state index contributed by atoms with van der Waals surface area (Å²) in [4.78, 5) is 0. The summed E-state index contributed by atoms with van der Waals surface area (Å²) in [5, 5.41) is 0. The minimum atomic E-state index is -4.35. The highest BCUT2D eigenvalue weighted by Gasteiger charge is 2.65. The second-order valence-corrected chi connectivity index (χ2v) is 3.83. The SMILES string of the molecule is FC(F)(F)C1(c2ccccc2Br)NN1. The molecule has 0 saturated carbocycles. The molecule has 14 heavy (non-hydrogen) atoms. The highest BCUT2D eigenvalue weighted by molar-refractivity contribution is 9.10. The van der Waals surface area contributed by atoms with Crippen molar-refractivity contribution in [3.05, 3.63) is 34.3 Å². The predicted molar refractivity (Wildman–Crippen MR) is 48.1 cm³/mol. The molecule has 1 aromatic carbocycles. The third-order valence-corrected chi connectivity index (χ3v) is 2.77. The van der Waals surface area contributed by atoms with E-state index in [9.17, 15) is 13.2 Å². The highest BCUT2D eigenvalue weighted by Crippen LogP contribution is 2.44. The summed E-state index contributed by atoms with van der Waals surface area (Å²) >= 11 is 3.08. The van der Waals surface area contributed by atoms with Gasteiger partial charge in [-0.25, -0.2) is 10.9 Å². The zero-order valence-electron chi connectivity index (χ0n) is 6.82. The summed E-state index contributed by atoms with van der Waals surface area (Å²) in [7, 11) is 0. The van der Waals surface area contributed by atoms with Crippen molar-refractivity contribution in [3.8, 4) is 0 Å². The minimum Gasteiger partial charge on any atom is -0.223 e. The number of halogens is 4. The molecular weight excluding hydrogens is 261 g/mol. The first-order valence-electron chi connectivity index (χ1n) is 3.83. The van der Waals surface area contributed by atoms with Crippen molar-refractivity contribution in [3.63, 3.8) is 0 Å². The van der Waals surface area contributed by atoms with E-state index in [1.165, 1.54) is 6.07 Å². The van der Waals surface area contributed by atoms with Crippen molar-refractivity contribution in [1.29, 1.82) is 0 Å². The molecule has 6 heteroatoms. The average Bonchev–Trinajstić information content (AvgIpc) is 2.84. The Kier molecular flexibility index (Phi) is 2.09. The van der Waals surface area contributed by atoms with Crippen LogP contribution in [0.25, 0.3) is 0 Å². The van der Waals surface area contributed by atoms with Crippen molar-refractivity contribution in [2.24, 2.45) is 0 Å². The van der Waals surface area contributed by atoms with Crippen LogP contribution in [0, 0.1) is 0 Å². The fourth-order valence-electron chi connectivity index (χ4n) is 1.26. The van der Waals surface area contributed by atoms with E-state index >= 15 is 0 Å². The van der Waals surface area contributed by atoms with Gasteiger partial charge >= 0.3 is 6.18 Å². The molecule has 1 heterocycles. The summed E-state index contributed by atoms with van der Waals surface area (Å²) in [6, 6.07) is 6.23. The number of hydrogen-bond donors (Lipinski definition) is 2. The van der Waals surface area contributed by atoms with Crippen LogP contribution < -0.4 is 10.9 Å². The summed E-state index contributed by atoms with van der Waals surface area (Å²) in [5.41, 5.74) is 2.35. The molecule has 0 bridgehead atoms. The lowest BCUT2D eigenvalue weighted by molar-refractivity contribution is -0.165. The van der Waals surface area contributed by atoms with Gasteiger partial charge in [-0.2, -0.15) is 13.2 Å². The van der Waals surface area contributed by atoms with Gasteiger partial charge < -0.3 is 0 Å². The summed E-state index contributed by atoms with van der Waals surface area (Å²) < 4.78 is 38.3. The molecule has 0 aliphatic carbocycles. The van der Waals surface area contributed by atoms with Gasteiger partial charge in [0.15, 0.2) is 0 Å². The van der Waals surface area contributed by atoms with E-state index in [2.05, 4.69) is 26.8 Å². The lowest BCUT2D eigenvalue weighted by Crippen LogP contribution is -2.35. The number of alkyl halides is 3. The average molecular weight is 267 g/mol. The quantitative estimate of drug-likeness (QED) is 0.766. The molecule has 76 valence electrons. The van der Waals surface area contributed by atoms with E-state index in [0.29, 0.717) is 4.47 Å². The van der Waals surface area contributed by atoms with Gasteiger partial charge in [-0.15, -0.1) is 0 Å². The maximum atomic E-state index is 12.6. The van der Waals surface area contributed by atoms with Crippen LogP contribution in [0.1, 0.15) is 5.56 Å². The molecule has 1 aliphatic heterocycles. The molecule has 1 aromatic rings. The zero-order valence-corrected chi connectivity index (χ0v) is 8.41. The maximum absolute atomic E-state index is 12.6. The van der Waals surface area contributed by atoms with Crippen LogP contribution in [0.3, 0.4) is 0 Å². The van der Waals surface area contributed by atoms with E-state index in [-0.39, 0.29) is 5.56 Å². The van der Waals surface area contributed by atoms with Gasteiger partial charge in [0, 0.05) is 10.0 Å². The molecule has 2 nitrogen and oxygen atoms in total. The molecule has 1 saturated heterocycles. The summed E-state index contributed by atoms with van der Waals surface area (Å²) in [5.74, 6) is 0. The van der Waals surface area contributed by atoms with Crippen molar-refractivity contribution < 1.29 is 13.2 Å². The normalized spacial score (nSPS) is 19.4. The van der Waals surface area contributed by atoms with Crippen molar-refractivity contribution in [2.75, 3.05) is 0 Å². The highest BCUT2D eigenvalue weighted by atomic mass is 79.9. The van der Waals surface area contributed by atoms with Crippen LogP contribution in [-0.4, -0.2) is 6.18 Å². The van der Waals surface area contributed by atoms with Gasteiger partial charge in [0.05, 0.1) is 0 Å². The molecular formula is C8H6BrF3N2. The fourth-order valence-corrected chi connectivity index (χ4v) is 1.84. The van der Waals surface area contributed by atoms with Crippen LogP contribution in [0.15, 0.2) is 28.7 Å². The van der Waals surface area contributed by atoms with E-state index in [1.54, 1.807) is 18.2 Å². The number of rotatable bonds is 1. The van der Waals surface area contributed by atoms with Gasteiger partial charge in [-0.1, -0.05) is 34.1 Å². The van der Waals surface area contributed by atoms with Crippen molar-refractivity contribution in [1.82, 2.24) is 10.9 Å². The van der Waals surface area contributed by atoms with Crippen LogP contribution in [0.5, 0.6) is 0 Å². The Bertz CT molecular complexity index is 360. The number of benzene rings is 1. The lowest BCUT2D eigenvalue weighted by atomic mass is 10.0. The Hall–Kier alpha value is -0.590. The number of nitrogens with one attached hydrogen (secondary N) is 2. The maximum Gasteiger partial charge on any atom is 0.426 e. The molecule has 0 unspecified atom stereocenters. The standard InChI is InChI=1S/C8H6BrF3N2/c9-6-4-2-1-3-5(6)7(13-14-7)8(10,11)12/h1-4,13-14H. The molecule has 0 radical (unpaired) electrons. The summed E-state index contributed by atoms with van der Waals surface area (Å²) in [6.45, 7) is 0. The Morgan fingerprint density at radius 2 is 1.71 bits per heavy atom. The molecule has 1 fully saturated rings. The Morgan fingerprint density at radius 3 is 2.14 bits per heavy atom. The van der Waals surface area contributed by atoms with Crippen LogP contribution in [0.2, 0.25) is 0 Å². The fraction of sp³-hybridized carbons (Fsp3) is 0.250. The first-order valence-corrected chi connectivity index (χ1v) is 4.63. The Balaban J connectivity index is 2.46. The third-order valence-electron chi connectivity index (χ3n) is 2.08. The van der Waals surface area contributed by atoms with Crippen LogP contribution >= 0.6 is 15.9 Å². The second kappa shape index (κ2) is 2.95. The Labute approximate surface area is 86.6 Å². The topological polar surface area (TPSA) is 43.9 Å². The third kappa shape index (κ3) is 1.34. The number of hydrazine groups is 1. The van der Waals surface area contributed by atoms with Gasteiger partial charge in [0.2, 0.25) is 5.66 Å². The minimum absolute atomic E-state index is 0.146. The lowest BCUT2D eigenvalue weighted by Gasteiger charge is -2.17. The predicted octanol–water partition coefficient (Wildman–Crippen LogP) is 2.27. The molecule has 0 amide bonds. The first-order chi connectivity index (χ1) is 6.47. The van der Waals surface area contributed by atoms with Crippen molar-refractivity contribution >= 4 is 15.9 Å². The summed E-state index contributed by atoms with van der Waals surface area (Å²) in [6.07, 6.45) is -4.35. The van der Waals surface area contributed by atoms with Crippen LogP contribution in [0.4, 0.5) is 13.2 Å². The van der Waals surface area contributed by atoms with Gasteiger partial charge in [0.1, 0.15) is 0 Å². The van der Waals surface area contributed by atoms with E-state index in [4.69, 9.17) is 0 Å². The molecule has 0 spiro atoms. The molecule has 0 aromatic heterocycles. The molecule has 2 N–H and O–H groups in total. The first kappa shape index (κ1) is 9.95. The zero-order chi connectivity index (χ0) is 10.4. The molecule has 1 aliphatic rings. The van der Waals surface area contributed by atoms with Gasteiger partial charge in [0.25, 0.3) is 0 Å². The second-order valence-electron chi connectivity index (χ2n) is 2.98.